The summed E-state index contributed by atoms with van der Waals surface area (Å²) < 4.78 is 23.3. The third-order valence-electron chi connectivity index (χ3n) is 2.03. The van der Waals surface area contributed by atoms with Crippen molar-refractivity contribution in [3.8, 4) is 0 Å². The van der Waals surface area contributed by atoms with Gasteiger partial charge in [0.25, 0.3) is 0 Å². The second kappa shape index (κ2) is 5.25. The number of sulfone groups is 1. The van der Waals surface area contributed by atoms with Gasteiger partial charge in [0.15, 0.2) is 9.84 Å². The van der Waals surface area contributed by atoms with Gasteiger partial charge in [0.05, 0.1) is 23.4 Å². The van der Waals surface area contributed by atoms with Crippen LogP contribution >= 0.6 is 0 Å². The van der Waals surface area contributed by atoms with Crippen molar-refractivity contribution in [1.82, 2.24) is 0 Å². The first kappa shape index (κ1) is 12.2. The molecule has 0 heterocycles. The number of benzene rings is 1. The molecule has 0 aromatic heterocycles. The summed E-state index contributed by atoms with van der Waals surface area (Å²) in [5, 5.41) is 17.6. The molecule has 0 aliphatic rings. The van der Waals surface area contributed by atoms with Gasteiger partial charge in [0.1, 0.15) is 0 Å². The van der Waals surface area contributed by atoms with Crippen LogP contribution in [0.15, 0.2) is 35.2 Å². The lowest BCUT2D eigenvalue weighted by Gasteiger charge is -2.07. The van der Waals surface area contributed by atoms with E-state index in [9.17, 15) is 8.42 Å². The second-order valence-corrected chi connectivity index (χ2v) is 5.37. The lowest BCUT2D eigenvalue weighted by atomic mass is 10.3. The Morgan fingerprint density at radius 3 is 2.33 bits per heavy atom. The highest BCUT2D eigenvalue weighted by molar-refractivity contribution is 7.91. The van der Waals surface area contributed by atoms with Crippen LogP contribution in [0.2, 0.25) is 0 Å². The second-order valence-electron chi connectivity index (χ2n) is 3.26. The van der Waals surface area contributed by atoms with E-state index in [0.717, 1.165) is 0 Å². The molecule has 0 aliphatic heterocycles. The van der Waals surface area contributed by atoms with E-state index in [1.54, 1.807) is 18.2 Å². The smallest absolute Gasteiger partial charge is 0.178 e. The van der Waals surface area contributed by atoms with E-state index in [0.29, 0.717) is 0 Å². The first-order chi connectivity index (χ1) is 7.06. The first-order valence-electron chi connectivity index (χ1n) is 4.63. The molecule has 0 spiro atoms. The zero-order valence-electron chi connectivity index (χ0n) is 8.20. The third-order valence-corrected chi connectivity index (χ3v) is 3.80. The molecule has 1 aromatic carbocycles. The van der Waals surface area contributed by atoms with Crippen LogP contribution < -0.4 is 0 Å². The largest absolute Gasteiger partial charge is 0.394 e. The fraction of sp³-hybridized carbons (Fsp3) is 0.400. The van der Waals surface area contributed by atoms with Gasteiger partial charge in [-0.2, -0.15) is 0 Å². The lowest BCUT2D eigenvalue weighted by Crippen LogP contribution is -2.18. The summed E-state index contributed by atoms with van der Waals surface area (Å²) in [4.78, 5) is 0.245. The molecule has 1 aromatic rings. The van der Waals surface area contributed by atoms with Crippen molar-refractivity contribution in [2.45, 2.75) is 17.4 Å². The van der Waals surface area contributed by atoms with Crippen LogP contribution in [0.4, 0.5) is 0 Å². The number of aliphatic hydroxyl groups excluding tert-OH is 2. The molecular weight excluding hydrogens is 216 g/mol. The van der Waals surface area contributed by atoms with Crippen LogP contribution in [0, 0.1) is 0 Å². The van der Waals surface area contributed by atoms with Gasteiger partial charge in [-0.05, 0) is 18.6 Å². The molecule has 2 N–H and O–H groups in total. The Morgan fingerprint density at radius 1 is 1.20 bits per heavy atom. The highest BCUT2D eigenvalue weighted by Crippen LogP contribution is 2.11. The molecule has 1 rings (SSSR count). The van der Waals surface area contributed by atoms with Gasteiger partial charge in [-0.15, -0.1) is 0 Å². The Hall–Kier alpha value is -0.910. The van der Waals surface area contributed by atoms with Crippen molar-refractivity contribution in [2.24, 2.45) is 0 Å². The third kappa shape index (κ3) is 3.62. The molecule has 5 heteroatoms. The van der Waals surface area contributed by atoms with Crippen molar-refractivity contribution in [3.05, 3.63) is 30.3 Å². The van der Waals surface area contributed by atoms with E-state index in [2.05, 4.69) is 0 Å². The molecule has 1 atom stereocenters. The van der Waals surface area contributed by atoms with Gasteiger partial charge >= 0.3 is 0 Å². The first-order valence-corrected chi connectivity index (χ1v) is 6.28. The number of hydrogen-bond donors (Lipinski definition) is 2. The summed E-state index contributed by atoms with van der Waals surface area (Å²) in [5.41, 5.74) is 0. The van der Waals surface area contributed by atoms with Gasteiger partial charge < -0.3 is 10.2 Å². The molecule has 84 valence electrons. The topological polar surface area (TPSA) is 74.6 Å². The fourth-order valence-corrected chi connectivity index (χ4v) is 2.52. The predicted molar refractivity (Wildman–Crippen MR) is 56.2 cm³/mol. The van der Waals surface area contributed by atoms with Crippen molar-refractivity contribution in [3.63, 3.8) is 0 Å². The summed E-state index contributed by atoms with van der Waals surface area (Å²) in [7, 11) is -3.34. The highest BCUT2D eigenvalue weighted by Gasteiger charge is 2.15. The number of rotatable bonds is 5. The zero-order chi connectivity index (χ0) is 11.3. The Bertz CT molecular complexity index is 385. The summed E-state index contributed by atoms with van der Waals surface area (Å²) in [6, 6.07) is 8.06. The fourth-order valence-electron chi connectivity index (χ4n) is 1.13. The monoisotopic (exact) mass is 230 g/mol. The SMILES string of the molecule is O=S(=O)(CCC(O)CO)c1ccccc1. The molecule has 0 saturated carbocycles. The molecular formula is C10H14O4S. The van der Waals surface area contributed by atoms with Gasteiger partial charge in [0.2, 0.25) is 0 Å². The normalized spacial score (nSPS) is 13.7. The summed E-state index contributed by atoms with van der Waals surface area (Å²) >= 11 is 0. The minimum absolute atomic E-state index is 0.0493. The Labute approximate surface area is 89.1 Å². The molecule has 15 heavy (non-hydrogen) atoms. The van der Waals surface area contributed by atoms with Gasteiger partial charge in [-0.25, -0.2) is 8.42 Å². The van der Waals surface area contributed by atoms with Gasteiger partial charge in [0, 0.05) is 0 Å². The average molecular weight is 230 g/mol. The molecule has 0 radical (unpaired) electrons. The van der Waals surface area contributed by atoms with E-state index in [1.165, 1.54) is 12.1 Å². The molecule has 0 saturated heterocycles. The maximum absolute atomic E-state index is 11.7. The Morgan fingerprint density at radius 2 is 1.80 bits per heavy atom. The summed E-state index contributed by atoms with van der Waals surface area (Å²) in [6.45, 7) is -0.412. The Kier molecular flexibility index (Phi) is 4.26. The van der Waals surface area contributed by atoms with Crippen LogP contribution in [0.25, 0.3) is 0 Å². The summed E-state index contributed by atoms with van der Waals surface area (Å²) in [6.07, 6.45) is -0.920. The molecule has 0 aliphatic carbocycles. The highest BCUT2D eigenvalue weighted by atomic mass is 32.2. The van der Waals surface area contributed by atoms with E-state index in [-0.39, 0.29) is 17.1 Å². The van der Waals surface area contributed by atoms with Crippen molar-refractivity contribution in [2.75, 3.05) is 12.4 Å². The van der Waals surface area contributed by atoms with Crippen molar-refractivity contribution >= 4 is 9.84 Å². The standard InChI is InChI=1S/C10H14O4S/c11-8-9(12)6-7-15(13,14)10-4-2-1-3-5-10/h1-5,9,11-12H,6-8H2. The molecule has 1 unspecified atom stereocenters. The van der Waals surface area contributed by atoms with E-state index in [1.807, 2.05) is 0 Å². The van der Waals surface area contributed by atoms with Gasteiger partial charge in [-0.1, -0.05) is 18.2 Å². The van der Waals surface area contributed by atoms with Crippen LogP contribution in [0.5, 0.6) is 0 Å². The van der Waals surface area contributed by atoms with E-state index < -0.39 is 22.5 Å². The molecule has 0 bridgehead atoms. The maximum Gasteiger partial charge on any atom is 0.178 e. The molecule has 4 nitrogen and oxygen atoms in total. The molecule has 0 fully saturated rings. The van der Waals surface area contributed by atoms with Gasteiger partial charge in [-0.3, -0.25) is 0 Å². The van der Waals surface area contributed by atoms with Crippen LogP contribution in [-0.4, -0.2) is 37.1 Å². The van der Waals surface area contributed by atoms with Crippen LogP contribution in [0.3, 0.4) is 0 Å². The summed E-state index contributed by atoms with van der Waals surface area (Å²) in [5.74, 6) is -0.154. The van der Waals surface area contributed by atoms with E-state index >= 15 is 0 Å². The lowest BCUT2D eigenvalue weighted by molar-refractivity contribution is 0.0928. The average Bonchev–Trinajstić information content (AvgIpc) is 2.27. The quantitative estimate of drug-likeness (QED) is 0.758. The van der Waals surface area contributed by atoms with Crippen LogP contribution in [0.1, 0.15) is 6.42 Å². The number of aliphatic hydroxyl groups is 2. The van der Waals surface area contributed by atoms with Crippen molar-refractivity contribution < 1.29 is 18.6 Å². The predicted octanol–water partition coefficient (Wildman–Crippen LogP) is 0.204. The minimum atomic E-state index is -3.34. The minimum Gasteiger partial charge on any atom is -0.394 e. The zero-order valence-corrected chi connectivity index (χ0v) is 9.02. The Balaban J connectivity index is 2.69. The number of hydrogen-bond acceptors (Lipinski definition) is 4. The van der Waals surface area contributed by atoms with E-state index in [4.69, 9.17) is 10.2 Å². The maximum atomic E-state index is 11.7. The molecule has 0 amide bonds. The van der Waals surface area contributed by atoms with Crippen molar-refractivity contribution in [1.29, 1.82) is 0 Å². The van der Waals surface area contributed by atoms with Crippen LogP contribution in [-0.2, 0) is 9.84 Å².